The first-order valence-electron chi connectivity index (χ1n) is 8.61. The van der Waals surface area contributed by atoms with Crippen molar-refractivity contribution in [1.82, 2.24) is 0 Å². The van der Waals surface area contributed by atoms with Gasteiger partial charge in [0.1, 0.15) is 0 Å². The molecule has 2 aliphatic rings. The first-order valence-corrected chi connectivity index (χ1v) is 8.61. The maximum absolute atomic E-state index is 5.94. The SMILES string of the molecule is CCOC1(COCC(C)OCC2(OCC)CCC2)CCC1. The third kappa shape index (κ3) is 4.65. The standard InChI is InChI=1S/C17H32O4/c1-4-20-16(8-6-9-16)13-18-12-15(3)19-14-17(21-5-2)10-7-11-17/h15H,4-14H2,1-3H3. The summed E-state index contributed by atoms with van der Waals surface area (Å²) in [6.45, 7) is 9.75. The molecule has 2 rings (SSSR count). The Morgan fingerprint density at radius 2 is 1.38 bits per heavy atom. The first-order chi connectivity index (χ1) is 10.1. The summed E-state index contributed by atoms with van der Waals surface area (Å²) in [5.74, 6) is 0. The van der Waals surface area contributed by atoms with E-state index in [1.165, 1.54) is 12.8 Å². The molecule has 0 N–H and O–H groups in total. The zero-order chi connectivity index (χ0) is 15.2. The van der Waals surface area contributed by atoms with E-state index in [-0.39, 0.29) is 17.3 Å². The predicted octanol–water partition coefficient (Wildman–Crippen LogP) is 3.33. The van der Waals surface area contributed by atoms with Gasteiger partial charge in [-0.25, -0.2) is 0 Å². The fourth-order valence-corrected chi connectivity index (χ4v) is 3.17. The minimum absolute atomic E-state index is 0.00497. The van der Waals surface area contributed by atoms with E-state index in [0.717, 1.165) is 38.9 Å². The molecule has 124 valence electrons. The molecule has 0 aliphatic heterocycles. The second-order valence-electron chi connectivity index (χ2n) is 6.58. The fraction of sp³-hybridized carbons (Fsp3) is 1.00. The minimum atomic E-state index is -0.0104. The second kappa shape index (κ2) is 7.91. The van der Waals surface area contributed by atoms with Crippen molar-refractivity contribution < 1.29 is 18.9 Å². The number of hydrogen-bond donors (Lipinski definition) is 0. The summed E-state index contributed by atoms with van der Waals surface area (Å²) < 4.78 is 23.5. The van der Waals surface area contributed by atoms with Gasteiger partial charge >= 0.3 is 0 Å². The Bertz CT molecular complexity index is 297. The van der Waals surface area contributed by atoms with Crippen LogP contribution in [-0.2, 0) is 18.9 Å². The zero-order valence-electron chi connectivity index (χ0n) is 14.0. The van der Waals surface area contributed by atoms with Crippen LogP contribution in [-0.4, -0.2) is 50.3 Å². The minimum Gasteiger partial charge on any atom is -0.376 e. The van der Waals surface area contributed by atoms with Crippen LogP contribution in [0.4, 0.5) is 0 Å². The Labute approximate surface area is 129 Å². The molecule has 1 atom stereocenters. The molecule has 0 radical (unpaired) electrons. The molecule has 0 heterocycles. The topological polar surface area (TPSA) is 36.9 Å². The van der Waals surface area contributed by atoms with Crippen LogP contribution in [0.15, 0.2) is 0 Å². The van der Waals surface area contributed by atoms with Crippen LogP contribution in [0.3, 0.4) is 0 Å². The van der Waals surface area contributed by atoms with Crippen LogP contribution in [0.5, 0.6) is 0 Å². The molecule has 0 saturated heterocycles. The van der Waals surface area contributed by atoms with Gasteiger partial charge in [0.2, 0.25) is 0 Å². The monoisotopic (exact) mass is 300 g/mol. The van der Waals surface area contributed by atoms with Gasteiger partial charge in [-0.15, -0.1) is 0 Å². The highest BCUT2D eigenvalue weighted by Crippen LogP contribution is 2.37. The lowest BCUT2D eigenvalue weighted by Gasteiger charge is -2.42. The van der Waals surface area contributed by atoms with Crippen molar-refractivity contribution in [3.63, 3.8) is 0 Å². The van der Waals surface area contributed by atoms with Gasteiger partial charge in [0, 0.05) is 13.2 Å². The van der Waals surface area contributed by atoms with Crippen LogP contribution in [0.25, 0.3) is 0 Å². The van der Waals surface area contributed by atoms with Gasteiger partial charge in [0.05, 0.1) is 37.1 Å². The van der Waals surface area contributed by atoms with E-state index in [4.69, 9.17) is 18.9 Å². The van der Waals surface area contributed by atoms with Crippen molar-refractivity contribution in [2.45, 2.75) is 76.6 Å². The molecule has 0 bridgehead atoms. The molecule has 21 heavy (non-hydrogen) atoms. The molecule has 0 aromatic carbocycles. The molecule has 1 unspecified atom stereocenters. The molecule has 2 fully saturated rings. The molecular weight excluding hydrogens is 268 g/mol. The summed E-state index contributed by atoms with van der Waals surface area (Å²) in [4.78, 5) is 0. The van der Waals surface area contributed by atoms with Gasteiger partial charge in [-0.1, -0.05) is 0 Å². The predicted molar refractivity (Wildman–Crippen MR) is 82.6 cm³/mol. The Balaban J connectivity index is 1.60. The third-order valence-corrected chi connectivity index (χ3v) is 4.78. The van der Waals surface area contributed by atoms with E-state index in [2.05, 4.69) is 20.8 Å². The third-order valence-electron chi connectivity index (χ3n) is 4.78. The first kappa shape index (κ1) is 17.2. The van der Waals surface area contributed by atoms with Gasteiger partial charge in [0.15, 0.2) is 0 Å². The van der Waals surface area contributed by atoms with E-state index < -0.39 is 0 Å². The second-order valence-corrected chi connectivity index (χ2v) is 6.58. The molecule has 0 spiro atoms. The molecule has 2 aliphatic carbocycles. The Morgan fingerprint density at radius 3 is 1.81 bits per heavy atom. The molecule has 4 heteroatoms. The lowest BCUT2D eigenvalue weighted by Crippen LogP contribution is -2.46. The van der Waals surface area contributed by atoms with E-state index in [1.54, 1.807) is 0 Å². The molecule has 0 amide bonds. The maximum atomic E-state index is 5.94. The fourth-order valence-electron chi connectivity index (χ4n) is 3.17. The highest BCUT2D eigenvalue weighted by molar-refractivity contribution is 4.90. The van der Waals surface area contributed by atoms with Crippen LogP contribution in [0, 0.1) is 0 Å². The highest BCUT2D eigenvalue weighted by Gasteiger charge is 2.39. The van der Waals surface area contributed by atoms with Crippen molar-refractivity contribution in [3.8, 4) is 0 Å². The molecule has 2 saturated carbocycles. The van der Waals surface area contributed by atoms with Crippen molar-refractivity contribution in [1.29, 1.82) is 0 Å². The number of rotatable bonds is 11. The molecule has 4 nitrogen and oxygen atoms in total. The van der Waals surface area contributed by atoms with Crippen molar-refractivity contribution >= 4 is 0 Å². The summed E-state index contributed by atoms with van der Waals surface area (Å²) in [6, 6.07) is 0. The van der Waals surface area contributed by atoms with Gasteiger partial charge in [0.25, 0.3) is 0 Å². The van der Waals surface area contributed by atoms with Gasteiger partial charge in [-0.2, -0.15) is 0 Å². The van der Waals surface area contributed by atoms with E-state index >= 15 is 0 Å². The average Bonchev–Trinajstić information content (AvgIpc) is 2.38. The Hall–Kier alpha value is -0.160. The maximum Gasteiger partial charge on any atom is 0.0914 e. The van der Waals surface area contributed by atoms with E-state index in [0.29, 0.717) is 19.8 Å². The largest absolute Gasteiger partial charge is 0.376 e. The number of ether oxygens (including phenoxy) is 4. The molecule has 0 aromatic rings. The Kier molecular flexibility index (Phi) is 6.48. The van der Waals surface area contributed by atoms with Crippen LogP contribution in [0.1, 0.15) is 59.3 Å². The lowest BCUT2D eigenvalue weighted by atomic mass is 9.80. The van der Waals surface area contributed by atoms with Gasteiger partial charge in [-0.05, 0) is 59.3 Å². The molecular formula is C17H32O4. The van der Waals surface area contributed by atoms with Crippen LogP contribution >= 0.6 is 0 Å². The van der Waals surface area contributed by atoms with Gasteiger partial charge < -0.3 is 18.9 Å². The van der Waals surface area contributed by atoms with Crippen molar-refractivity contribution in [2.24, 2.45) is 0 Å². The van der Waals surface area contributed by atoms with Crippen LogP contribution in [0.2, 0.25) is 0 Å². The van der Waals surface area contributed by atoms with Crippen molar-refractivity contribution in [3.05, 3.63) is 0 Å². The van der Waals surface area contributed by atoms with E-state index in [1.807, 2.05) is 0 Å². The van der Waals surface area contributed by atoms with Crippen molar-refractivity contribution in [2.75, 3.05) is 33.0 Å². The summed E-state index contributed by atoms with van der Waals surface area (Å²) in [5.41, 5.74) is -0.0154. The van der Waals surface area contributed by atoms with Gasteiger partial charge in [-0.3, -0.25) is 0 Å². The summed E-state index contributed by atoms with van der Waals surface area (Å²) in [6.07, 6.45) is 7.13. The molecule has 0 aromatic heterocycles. The lowest BCUT2D eigenvalue weighted by molar-refractivity contribution is -0.168. The highest BCUT2D eigenvalue weighted by atomic mass is 16.6. The number of hydrogen-bond acceptors (Lipinski definition) is 4. The van der Waals surface area contributed by atoms with Crippen LogP contribution < -0.4 is 0 Å². The summed E-state index contributed by atoms with van der Waals surface area (Å²) in [7, 11) is 0. The summed E-state index contributed by atoms with van der Waals surface area (Å²) >= 11 is 0. The quantitative estimate of drug-likeness (QED) is 0.586. The normalized spacial score (nSPS) is 24.1. The summed E-state index contributed by atoms with van der Waals surface area (Å²) in [5, 5.41) is 0. The smallest absolute Gasteiger partial charge is 0.0914 e. The average molecular weight is 300 g/mol. The Morgan fingerprint density at radius 1 is 0.857 bits per heavy atom. The zero-order valence-corrected chi connectivity index (χ0v) is 14.0. The van der Waals surface area contributed by atoms with E-state index in [9.17, 15) is 0 Å².